The number of alkyl carbamates (subject to hydrolysis) is 2. The van der Waals surface area contributed by atoms with Crippen LogP contribution in [0.25, 0.3) is 55.3 Å². The summed E-state index contributed by atoms with van der Waals surface area (Å²) in [5.74, 6) is 1.84. The number of amides is 3. The van der Waals surface area contributed by atoms with Gasteiger partial charge in [-0.2, -0.15) is 0 Å². The summed E-state index contributed by atoms with van der Waals surface area (Å²) in [5, 5.41) is 7.80. The number of aromatic amines is 2. The highest BCUT2D eigenvalue weighted by atomic mass is 16.5. The number of fused-ring (bicyclic) bond motifs is 4. The van der Waals surface area contributed by atoms with Gasteiger partial charge in [-0.1, -0.05) is 82.3 Å². The van der Waals surface area contributed by atoms with Crippen molar-refractivity contribution in [3.8, 4) is 33.5 Å². The van der Waals surface area contributed by atoms with Gasteiger partial charge in [0.2, 0.25) is 5.91 Å². The zero-order chi connectivity index (χ0) is 44.8. The maximum atomic E-state index is 14.1. The molecule has 3 aliphatic rings. The lowest BCUT2D eigenvalue weighted by atomic mass is 9.73. The molecule has 9 rings (SSSR count). The Balaban J connectivity index is 0.894. The van der Waals surface area contributed by atoms with Crippen LogP contribution >= 0.6 is 0 Å². The first kappa shape index (κ1) is 42.8. The maximum absolute atomic E-state index is 14.1. The summed E-state index contributed by atoms with van der Waals surface area (Å²) in [6.45, 7) is 8.34. The maximum Gasteiger partial charge on any atom is 0.407 e. The molecule has 0 spiro atoms. The van der Waals surface area contributed by atoms with E-state index in [1.165, 1.54) is 14.2 Å². The summed E-state index contributed by atoms with van der Waals surface area (Å²) in [7, 11) is 2.62. The van der Waals surface area contributed by atoms with Gasteiger partial charge in [-0.15, -0.1) is 0 Å². The van der Waals surface area contributed by atoms with Crippen molar-refractivity contribution in [2.24, 2.45) is 29.6 Å². The number of carbonyl (C=O) groups excluding carboxylic acids is 4. The Bertz CT molecular complexity index is 2720. The number of nitrogens with one attached hydrogen (secondary N) is 4. The molecule has 7 atom stereocenters. The Labute approximate surface area is 373 Å². The number of nitrogens with zero attached hydrogens (tertiary/aromatic N) is 3. The fourth-order valence-electron chi connectivity index (χ4n) is 10.7. The lowest BCUT2D eigenvalue weighted by molar-refractivity contribution is -0.135. The number of imidazole rings is 2. The highest BCUT2D eigenvalue weighted by Crippen LogP contribution is 2.57. The summed E-state index contributed by atoms with van der Waals surface area (Å²) in [5.41, 5.74) is 8.08. The third-order valence-electron chi connectivity index (χ3n) is 14.0. The van der Waals surface area contributed by atoms with E-state index in [4.69, 9.17) is 19.4 Å². The monoisotopic (exact) mass is 863 g/mol. The second kappa shape index (κ2) is 17.6. The smallest absolute Gasteiger partial charge is 0.407 e. The standard InChI is InChI=1S/C51H57N7O6/c1-27(2)44(56-50(61)63-5)46(59)42-36-17-18-37(24-36)43(42)48-53-38-20-19-35(25-39(38)54-48)34-16-15-32-22-31(13-14-33(32)23-34)29-9-11-30(12-10-29)40-26-52-47(55-40)41-8-7-21-58(41)49(60)45(28(3)4)57-51(62)64-6/h9-16,19-20,22-23,25-28,36-37,41-45H,7-8,17-18,21,24H2,1-6H3,(H,52,55)(H,53,54)(H,56,61)(H,57,62)/t36-,37+,41-,42?,43+,44-,45-/m0/s1. The van der Waals surface area contributed by atoms with Gasteiger partial charge in [-0.3, -0.25) is 9.59 Å². The zero-order valence-corrected chi connectivity index (χ0v) is 37.3. The number of ether oxygens (including phenoxy) is 2. The van der Waals surface area contributed by atoms with Crippen LogP contribution in [0.5, 0.6) is 0 Å². The molecule has 3 heterocycles. The fraction of sp³-hybridized carbons (Fsp3) is 0.412. The fourth-order valence-corrected chi connectivity index (χ4v) is 10.7. The van der Waals surface area contributed by atoms with E-state index in [9.17, 15) is 19.2 Å². The number of benzene rings is 4. The Morgan fingerprint density at radius 3 is 1.95 bits per heavy atom. The minimum atomic E-state index is -0.685. The number of carbonyl (C=O) groups is 4. The van der Waals surface area contributed by atoms with E-state index in [-0.39, 0.29) is 41.4 Å². The molecule has 1 unspecified atom stereocenters. The number of ketones is 1. The molecule has 4 aromatic carbocycles. The molecule has 13 nitrogen and oxygen atoms in total. The highest BCUT2D eigenvalue weighted by Gasteiger charge is 2.54. The first-order chi connectivity index (χ1) is 30.9. The van der Waals surface area contributed by atoms with E-state index in [0.29, 0.717) is 18.4 Å². The number of Topliss-reactive ketones (excluding diaryl/α,β-unsaturated/α-hetero) is 1. The lowest BCUT2D eigenvalue weighted by Gasteiger charge is -2.32. The summed E-state index contributed by atoms with van der Waals surface area (Å²) in [4.78, 5) is 70.6. The second-order valence-corrected chi connectivity index (χ2v) is 18.6. The van der Waals surface area contributed by atoms with Gasteiger partial charge in [0.25, 0.3) is 0 Å². The van der Waals surface area contributed by atoms with Gasteiger partial charge in [0.15, 0.2) is 5.78 Å². The third kappa shape index (κ3) is 8.12. The highest BCUT2D eigenvalue weighted by molar-refractivity contribution is 5.93. The molecule has 6 aromatic rings. The van der Waals surface area contributed by atoms with Crippen LogP contribution in [-0.2, 0) is 19.1 Å². The average molecular weight is 864 g/mol. The van der Waals surface area contributed by atoms with E-state index in [1.807, 2.05) is 38.8 Å². The molecule has 3 fully saturated rings. The van der Waals surface area contributed by atoms with Crippen molar-refractivity contribution in [3.05, 3.63) is 96.7 Å². The Morgan fingerprint density at radius 2 is 1.28 bits per heavy atom. The van der Waals surface area contributed by atoms with Crippen molar-refractivity contribution in [1.82, 2.24) is 35.5 Å². The molecule has 0 radical (unpaired) electrons. The minimum Gasteiger partial charge on any atom is -0.453 e. The van der Waals surface area contributed by atoms with Gasteiger partial charge in [-0.25, -0.2) is 19.6 Å². The molecule has 2 aliphatic carbocycles. The second-order valence-electron chi connectivity index (χ2n) is 18.6. The van der Waals surface area contributed by atoms with E-state index < -0.39 is 24.3 Å². The van der Waals surface area contributed by atoms with Gasteiger partial charge in [0.05, 0.1) is 49.2 Å². The van der Waals surface area contributed by atoms with Crippen LogP contribution in [0.3, 0.4) is 0 Å². The number of aromatic nitrogens is 4. The summed E-state index contributed by atoms with van der Waals surface area (Å²) < 4.78 is 9.64. The van der Waals surface area contributed by atoms with Crippen molar-refractivity contribution in [1.29, 1.82) is 0 Å². The molecular formula is C51H57N7O6. The van der Waals surface area contributed by atoms with E-state index in [1.54, 1.807) is 0 Å². The van der Waals surface area contributed by atoms with Crippen LogP contribution in [0.4, 0.5) is 9.59 Å². The van der Waals surface area contributed by atoms with Crippen LogP contribution in [0.2, 0.25) is 0 Å². The summed E-state index contributed by atoms with van der Waals surface area (Å²) >= 11 is 0. The normalized spacial score (nSPS) is 21.4. The van der Waals surface area contributed by atoms with Gasteiger partial charge >= 0.3 is 12.2 Å². The van der Waals surface area contributed by atoms with Crippen molar-refractivity contribution in [2.45, 2.75) is 83.8 Å². The number of likely N-dealkylation sites (tertiary alicyclic amines) is 1. The van der Waals surface area contributed by atoms with Crippen molar-refractivity contribution in [2.75, 3.05) is 20.8 Å². The Hall–Kier alpha value is -6.50. The zero-order valence-electron chi connectivity index (χ0n) is 37.3. The Morgan fingerprint density at radius 1 is 0.688 bits per heavy atom. The molecule has 2 aromatic heterocycles. The summed E-state index contributed by atoms with van der Waals surface area (Å²) in [6.07, 6.45) is 5.38. The molecule has 64 heavy (non-hydrogen) atoms. The number of hydrogen-bond donors (Lipinski definition) is 4. The van der Waals surface area contributed by atoms with Crippen molar-refractivity contribution < 1.29 is 28.7 Å². The summed E-state index contributed by atoms with van der Waals surface area (Å²) in [6, 6.07) is 26.3. The van der Waals surface area contributed by atoms with Gasteiger partial charge < -0.3 is 35.0 Å². The van der Waals surface area contributed by atoms with E-state index >= 15 is 0 Å². The topological polar surface area (TPSA) is 171 Å². The van der Waals surface area contributed by atoms with Gasteiger partial charge in [0, 0.05) is 18.4 Å². The SMILES string of the molecule is COC(=O)N[C@H](C(=O)C1[C@H]2CC[C@H](C2)[C@H]1c1nc2ccc(-c3ccc4cc(-c5ccc(-c6cnc([C@@H]7CCCN7C(=O)[C@@H](NC(=O)OC)C(C)C)[nH]6)cc5)ccc4c3)cc2[nH]1)C(C)C. The van der Waals surface area contributed by atoms with Crippen LogP contribution < -0.4 is 10.6 Å². The molecule has 1 aliphatic heterocycles. The number of rotatable bonds is 12. The number of hydrogen-bond acceptors (Lipinski definition) is 8. The van der Waals surface area contributed by atoms with Crippen LogP contribution in [0.1, 0.15) is 83.4 Å². The van der Waals surface area contributed by atoms with Crippen LogP contribution in [0, 0.1) is 29.6 Å². The van der Waals surface area contributed by atoms with Gasteiger partial charge in [0.1, 0.15) is 17.7 Å². The molecular weight excluding hydrogens is 807 g/mol. The quantitative estimate of drug-likeness (QED) is 0.0942. The molecule has 2 saturated carbocycles. The molecule has 13 heteroatoms. The number of methoxy groups -OCH3 is 2. The largest absolute Gasteiger partial charge is 0.453 e. The minimum absolute atomic E-state index is 0.0123. The third-order valence-corrected chi connectivity index (χ3v) is 14.0. The Kier molecular flexibility index (Phi) is 11.8. The number of H-pyrrole nitrogens is 2. The molecule has 3 amide bonds. The molecule has 1 saturated heterocycles. The molecule has 332 valence electrons. The van der Waals surface area contributed by atoms with E-state index in [0.717, 1.165) is 99.1 Å². The predicted octanol–water partition coefficient (Wildman–Crippen LogP) is 9.56. The first-order valence-corrected chi connectivity index (χ1v) is 22.6. The van der Waals surface area contributed by atoms with Gasteiger partial charge in [-0.05, 0) is 119 Å². The average Bonchev–Trinajstić information content (AvgIpc) is 4.17. The van der Waals surface area contributed by atoms with Crippen LogP contribution in [0.15, 0.2) is 85.1 Å². The molecule has 2 bridgehead atoms. The lowest BCUT2D eigenvalue weighted by Crippen LogP contribution is -2.51. The van der Waals surface area contributed by atoms with Crippen molar-refractivity contribution in [3.63, 3.8) is 0 Å². The van der Waals surface area contributed by atoms with Crippen LogP contribution in [-0.4, -0.2) is 81.6 Å². The predicted molar refractivity (Wildman–Crippen MR) is 246 cm³/mol. The molecule has 4 N–H and O–H groups in total. The first-order valence-electron chi connectivity index (χ1n) is 22.6. The van der Waals surface area contributed by atoms with Crippen molar-refractivity contribution >= 4 is 45.7 Å². The van der Waals surface area contributed by atoms with E-state index in [2.05, 4.69) is 99.5 Å².